The maximum Gasteiger partial charge on any atom is 0.252 e. The van der Waals surface area contributed by atoms with Crippen molar-refractivity contribution in [3.05, 3.63) is 53.7 Å². The topological polar surface area (TPSA) is 118 Å². The van der Waals surface area contributed by atoms with Crippen LogP contribution in [0.1, 0.15) is 28.8 Å². The first-order chi connectivity index (χ1) is 16.8. The number of primary amides is 1. The number of para-hydroxylation sites is 1. The first-order valence-electron chi connectivity index (χ1n) is 11.7. The lowest BCUT2D eigenvalue weighted by Gasteiger charge is -2.34. The Kier molecular flexibility index (Phi) is 6.12. The van der Waals surface area contributed by atoms with Gasteiger partial charge in [-0.25, -0.2) is 8.42 Å². The number of ether oxygens (including phenoxy) is 1. The lowest BCUT2D eigenvalue weighted by atomic mass is 10.1. The average Bonchev–Trinajstić information content (AvgIpc) is 3.33. The van der Waals surface area contributed by atoms with E-state index in [0.717, 1.165) is 36.3 Å². The molecule has 9 nitrogen and oxygen atoms in total. The van der Waals surface area contributed by atoms with E-state index in [1.54, 1.807) is 18.2 Å². The molecule has 0 saturated carbocycles. The number of carbonyl (C=O) groups is 1. The van der Waals surface area contributed by atoms with Crippen LogP contribution in [0.15, 0.2) is 47.5 Å². The summed E-state index contributed by atoms with van der Waals surface area (Å²) in [4.78, 5) is 19.0. The molecular weight excluding hydrogens is 466 g/mol. The predicted octanol–water partition coefficient (Wildman–Crippen LogP) is 2.73. The summed E-state index contributed by atoms with van der Waals surface area (Å²) in [7, 11) is 0.251. The Morgan fingerprint density at radius 2 is 1.91 bits per heavy atom. The van der Waals surface area contributed by atoms with E-state index in [-0.39, 0.29) is 10.5 Å². The molecule has 10 heteroatoms. The molecule has 0 spiro atoms. The van der Waals surface area contributed by atoms with E-state index >= 15 is 0 Å². The molecule has 5 rings (SSSR count). The van der Waals surface area contributed by atoms with Gasteiger partial charge in [0.25, 0.3) is 5.91 Å². The van der Waals surface area contributed by atoms with Crippen LogP contribution in [0.25, 0.3) is 10.9 Å². The number of carbonyl (C=O) groups excluding carboxylic acids is 1. The van der Waals surface area contributed by atoms with Gasteiger partial charge in [-0.1, -0.05) is 18.2 Å². The molecule has 1 fully saturated rings. The molecule has 1 amide bonds. The summed E-state index contributed by atoms with van der Waals surface area (Å²) in [5.74, 6) is 0.142. The van der Waals surface area contributed by atoms with E-state index in [1.165, 1.54) is 10.5 Å². The number of nitrogens with one attached hydrogen (secondary N) is 1. The number of nitrogens with two attached hydrogens (primary N) is 1. The number of benzene rings is 2. The fourth-order valence-corrected chi connectivity index (χ4v) is 6.56. The summed E-state index contributed by atoms with van der Waals surface area (Å²) >= 11 is 0. The second kappa shape index (κ2) is 9.10. The largest absolute Gasteiger partial charge is 0.493 e. The lowest BCUT2D eigenvalue weighted by Crippen LogP contribution is -2.44. The van der Waals surface area contributed by atoms with E-state index in [0.29, 0.717) is 42.3 Å². The highest BCUT2D eigenvalue weighted by atomic mass is 32.2. The van der Waals surface area contributed by atoms with E-state index in [2.05, 4.69) is 15.2 Å². The monoisotopic (exact) mass is 495 g/mol. The van der Waals surface area contributed by atoms with Crippen LogP contribution in [-0.4, -0.2) is 68.3 Å². The molecule has 2 aromatic carbocycles. The summed E-state index contributed by atoms with van der Waals surface area (Å²) in [6.07, 6.45) is 3.62. The highest BCUT2D eigenvalue weighted by Crippen LogP contribution is 2.37. The fourth-order valence-electron chi connectivity index (χ4n) is 4.94. The van der Waals surface area contributed by atoms with Crippen molar-refractivity contribution in [2.45, 2.75) is 30.2 Å². The number of amides is 1. The molecule has 0 unspecified atom stereocenters. The van der Waals surface area contributed by atoms with Crippen molar-refractivity contribution in [3.8, 4) is 5.75 Å². The average molecular weight is 496 g/mol. The molecular formula is C25H29N5O4S. The number of sulfonamides is 1. The Balaban J connectivity index is 1.59. The number of hydrogen-bond donors (Lipinski definition) is 2. The minimum Gasteiger partial charge on any atom is -0.493 e. The number of anilines is 2. The molecule has 1 aromatic heterocycles. The van der Waals surface area contributed by atoms with Gasteiger partial charge < -0.3 is 20.7 Å². The standard InChI is InChI=1S/C25H29N5O4S/c1-29(2)16-9-12-30(13-10-16)35(32,33)22-8-3-5-18-23(19(25(26)31)15-27-24(18)22)28-20-6-4-7-21-17(20)11-14-34-21/h3-8,15-16H,9-14H2,1-2H3,(H2,26,31)(H,27,28). The maximum absolute atomic E-state index is 13.7. The predicted molar refractivity (Wildman–Crippen MR) is 135 cm³/mol. The second-order valence-electron chi connectivity index (χ2n) is 9.17. The summed E-state index contributed by atoms with van der Waals surface area (Å²) in [6.45, 7) is 1.48. The Hall–Kier alpha value is -3.21. The van der Waals surface area contributed by atoms with Gasteiger partial charge in [-0.05, 0) is 45.1 Å². The minimum atomic E-state index is -3.78. The van der Waals surface area contributed by atoms with Gasteiger partial charge in [0.15, 0.2) is 0 Å². The molecule has 3 heterocycles. The van der Waals surface area contributed by atoms with Crippen molar-refractivity contribution < 1.29 is 17.9 Å². The Bertz CT molecular complexity index is 1400. The number of nitrogens with zero attached hydrogens (tertiary/aromatic N) is 3. The van der Waals surface area contributed by atoms with Crippen LogP contribution in [0.4, 0.5) is 11.4 Å². The van der Waals surface area contributed by atoms with Gasteiger partial charge in [0.1, 0.15) is 10.6 Å². The normalized spacial score (nSPS) is 16.9. The molecule has 0 bridgehead atoms. The smallest absolute Gasteiger partial charge is 0.252 e. The summed E-state index contributed by atoms with van der Waals surface area (Å²) in [5, 5.41) is 3.85. The van der Waals surface area contributed by atoms with Gasteiger partial charge in [-0.15, -0.1) is 0 Å². The molecule has 3 aromatic rings. The third kappa shape index (κ3) is 4.22. The molecule has 0 aliphatic carbocycles. The van der Waals surface area contributed by atoms with Crippen molar-refractivity contribution in [2.24, 2.45) is 5.73 Å². The SMILES string of the molecule is CN(C)C1CCN(S(=O)(=O)c2cccc3c(Nc4cccc5c4CCO5)c(C(N)=O)cnc23)CC1. The van der Waals surface area contributed by atoms with Gasteiger partial charge in [-0.3, -0.25) is 9.78 Å². The zero-order valence-electron chi connectivity index (χ0n) is 19.8. The van der Waals surface area contributed by atoms with E-state index < -0.39 is 15.9 Å². The van der Waals surface area contributed by atoms with Crippen molar-refractivity contribution in [1.82, 2.24) is 14.2 Å². The number of pyridine rings is 1. The van der Waals surface area contributed by atoms with Gasteiger partial charge >= 0.3 is 0 Å². The molecule has 3 N–H and O–H groups in total. The number of hydrogen-bond acceptors (Lipinski definition) is 7. The molecule has 2 aliphatic rings. The quantitative estimate of drug-likeness (QED) is 0.540. The van der Waals surface area contributed by atoms with Crippen LogP contribution in [0.2, 0.25) is 0 Å². The van der Waals surface area contributed by atoms with Gasteiger partial charge in [-0.2, -0.15) is 4.31 Å². The number of fused-ring (bicyclic) bond motifs is 2. The third-order valence-corrected chi connectivity index (χ3v) is 8.83. The highest BCUT2D eigenvalue weighted by Gasteiger charge is 2.32. The van der Waals surface area contributed by atoms with Gasteiger partial charge in [0.2, 0.25) is 10.0 Å². The summed E-state index contributed by atoms with van der Waals surface area (Å²) in [6, 6.07) is 11.0. The number of rotatable bonds is 6. The zero-order chi connectivity index (χ0) is 24.7. The molecule has 2 aliphatic heterocycles. The maximum atomic E-state index is 13.7. The van der Waals surface area contributed by atoms with Gasteiger partial charge in [0, 0.05) is 48.4 Å². The second-order valence-corrected chi connectivity index (χ2v) is 11.1. The van der Waals surface area contributed by atoms with Crippen LogP contribution < -0.4 is 15.8 Å². The Morgan fingerprint density at radius 3 is 2.63 bits per heavy atom. The number of piperidine rings is 1. The van der Waals surface area contributed by atoms with Gasteiger partial charge in [0.05, 0.1) is 23.4 Å². The lowest BCUT2D eigenvalue weighted by molar-refractivity contribution is 0.100. The van der Waals surface area contributed by atoms with Crippen LogP contribution >= 0.6 is 0 Å². The third-order valence-electron chi connectivity index (χ3n) is 6.90. The van der Waals surface area contributed by atoms with Crippen LogP contribution in [0, 0.1) is 0 Å². The number of aromatic nitrogens is 1. The van der Waals surface area contributed by atoms with Crippen LogP contribution in [-0.2, 0) is 16.4 Å². The van der Waals surface area contributed by atoms with Crippen molar-refractivity contribution in [2.75, 3.05) is 39.1 Å². The zero-order valence-corrected chi connectivity index (χ0v) is 20.6. The summed E-state index contributed by atoms with van der Waals surface area (Å²) < 4.78 is 34.5. The first kappa shape index (κ1) is 23.5. The minimum absolute atomic E-state index is 0.124. The van der Waals surface area contributed by atoms with Crippen molar-refractivity contribution >= 4 is 38.2 Å². The Labute approximate surface area is 204 Å². The molecule has 184 valence electrons. The van der Waals surface area contributed by atoms with Crippen LogP contribution in [0.5, 0.6) is 5.75 Å². The van der Waals surface area contributed by atoms with E-state index in [9.17, 15) is 13.2 Å². The van der Waals surface area contributed by atoms with Crippen molar-refractivity contribution in [3.63, 3.8) is 0 Å². The highest BCUT2D eigenvalue weighted by molar-refractivity contribution is 7.89. The fraction of sp³-hybridized carbons (Fsp3) is 0.360. The van der Waals surface area contributed by atoms with Crippen LogP contribution in [0.3, 0.4) is 0 Å². The Morgan fingerprint density at radius 1 is 1.17 bits per heavy atom. The van der Waals surface area contributed by atoms with Crippen molar-refractivity contribution in [1.29, 1.82) is 0 Å². The van der Waals surface area contributed by atoms with E-state index in [4.69, 9.17) is 10.5 Å². The van der Waals surface area contributed by atoms with E-state index in [1.807, 2.05) is 32.3 Å². The molecule has 1 saturated heterocycles. The molecule has 0 radical (unpaired) electrons. The first-order valence-corrected chi connectivity index (χ1v) is 13.1. The molecule has 0 atom stereocenters. The summed E-state index contributed by atoms with van der Waals surface area (Å²) in [5.41, 5.74) is 8.39. The molecule has 35 heavy (non-hydrogen) atoms.